The summed E-state index contributed by atoms with van der Waals surface area (Å²) in [4.78, 5) is 13.6. The highest BCUT2D eigenvalue weighted by atomic mass is 32.2. The molecule has 1 unspecified atom stereocenters. The highest BCUT2D eigenvalue weighted by molar-refractivity contribution is 7.97. The van der Waals surface area contributed by atoms with Gasteiger partial charge < -0.3 is 4.74 Å². The van der Waals surface area contributed by atoms with Gasteiger partial charge in [-0.15, -0.1) is 0 Å². The van der Waals surface area contributed by atoms with Gasteiger partial charge in [-0.2, -0.15) is 0 Å². The molecule has 2 rings (SSSR count). The van der Waals surface area contributed by atoms with Crippen molar-refractivity contribution in [2.45, 2.75) is 51.5 Å². The molecule has 142 valence electrons. The van der Waals surface area contributed by atoms with E-state index in [9.17, 15) is 4.79 Å². The molecule has 0 aliphatic carbocycles. The molecular formula is C22H31NO2S. The third-order valence-electron chi connectivity index (χ3n) is 4.39. The van der Waals surface area contributed by atoms with Crippen LogP contribution < -0.4 is 0 Å². The van der Waals surface area contributed by atoms with E-state index in [1.807, 2.05) is 0 Å². The quantitative estimate of drug-likeness (QED) is 0.411. The van der Waals surface area contributed by atoms with E-state index in [0.717, 1.165) is 24.3 Å². The van der Waals surface area contributed by atoms with E-state index < -0.39 is 0 Å². The van der Waals surface area contributed by atoms with Gasteiger partial charge in [-0.25, -0.2) is 4.31 Å². The fraction of sp³-hybridized carbons (Fsp3) is 0.500. The van der Waals surface area contributed by atoms with E-state index in [1.165, 1.54) is 17.9 Å². The topological polar surface area (TPSA) is 29.5 Å². The molecular weight excluding hydrogens is 342 g/mol. The lowest BCUT2D eigenvalue weighted by molar-refractivity contribution is -0.145. The SMILES string of the molecule is COC(=O)C(CC(C)C)N(CCC(C)C)Sc1ccc2ccccc2c1. The zero-order valence-electron chi connectivity index (χ0n) is 16.6. The van der Waals surface area contributed by atoms with Crippen molar-refractivity contribution in [2.24, 2.45) is 11.8 Å². The van der Waals surface area contributed by atoms with Crippen LogP contribution in [0.2, 0.25) is 0 Å². The second-order valence-corrected chi connectivity index (χ2v) is 8.71. The average Bonchev–Trinajstić information content (AvgIpc) is 2.62. The summed E-state index contributed by atoms with van der Waals surface area (Å²) in [6.07, 6.45) is 1.84. The van der Waals surface area contributed by atoms with Crippen molar-refractivity contribution in [3.63, 3.8) is 0 Å². The van der Waals surface area contributed by atoms with Gasteiger partial charge in [0.2, 0.25) is 0 Å². The fourth-order valence-electron chi connectivity index (χ4n) is 2.92. The Kier molecular flexibility index (Phi) is 7.98. The number of ether oxygens (including phenoxy) is 1. The van der Waals surface area contributed by atoms with Gasteiger partial charge >= 0.3 is 5.97 Å². The number of rotatable bonds is 9. The summed E-state index contributed by atoms with van der Waals surface area (Å²) >= 11 is 1.67. The lowest BCUT2D eigenvalue weighted by Gasteiger charge is -2.30. The van der Waals surface area contributed by atoms with E-state index in [0.29, 0.717) is 11.8 Å². The van der Waals surface area contributed by atoms with Gasteiger partial charge in [0, 0.05) is 11.4 Å². The van der Waals surface area contributed by atoms with E-state index >= 15 is 0 Å². The minimum absolute atomic E-state index is 0.143. The first kappa shape index (κ1) is 20.8. The first-order valence-electron chi connectivity index (χ1n) is 9.42. The largest absolute Gasteiger partial charge is 0.468 e. The van der Waals surface area contributed by atoms with Crippen LogP contribution in [-0.2, 0) is 9.53 Å². The highest BCUT2D eigenvalue weighted by Gasteiger charge is 2.28. The van der Waals surface area contributed by atoms with Crippen LogP contribution in [0.3, 0.4) is 0 Å². The molecule has 0 spiro atoms. The molecule has 0 bridgehead atoms. The molecule has 0 saturated carbocycles. The third-order valence-corrected chi connectivity index (χ3v) is 5.52. The lowest BCUT2D eigenvalue weighted by atomic mass is 10.0. The zero-order valence-corrected chi connectivity index (χ0v) is 17.4. The molecule has 0 aromatic heterocycles. The Morgan fingerprint density at radius 2 is 1.73 bits per heavy atom. The molecule has 26 heavy (non-hydrogen) atoms. The predicted octanol–water partition coefficient (Wildman–Crippen LogP) is 5.78. The molecule has 0 aliphatic rings. The van der Waals surface area contributed by atoms with Crippen molar-refractivity contribution in [1.82, 2.24) is 4.31 Å². The van der Waals surface area contributed by atoms with Gasteiger partial charge in [0.1, 0.15) is 6.04 Å². The maximum absolute atomic E-state index is 12.5. The number of hydrogen-bond acceptors (Lipinski definition) is 4. The maximum atomic E-state index is 12.5. The summed E-state index contributed by atoms with van der Waals surface area (Å²) in [6.45, 7) is 9.60. The van der Waals surface area contributed by atoms with Crippen molar-refractivity contribution >= 4 is 28.7 Å². The van der Waals surface area contributed by atoms with Gasteiger partial charge in [0.25, 0.3) is 0 Å². The Labute approximate surface area is 162 Å². The van der Waals surface area contributed by atoms with E-state index in [4.69, 9.17) is 4.74 Å². The van der Waals surface area contributed by atoms with Gasteiger partial charge in [0.15, 0.2) is 0 Å². The van der Waals surface area contributed by atoms with Crippen molar-refractivity contribution < 1.29 is 9.53 Å². The van der Waals surface area contributed by atoms with Crippen LogP contribution >= 0.6 is 11.9 Å². The summed E-state index contributed by atoms with van der Waals surface area (Å²) in [7, 11) is 1.48. The summed E-state index contributed by atoms with van der Waals surface area (Å²) in [5.74, 6) is 0.876. The number of benzene rings is 2. The zero-order chi connectivity index (χ0) is 19.1. The van der Waals surface area contributed by atoms with Crippen molar-refractivity contribution in [3.05, 3.63) is 42.5 Å². The first-order chi connectivity index (χ1) is 12.4. The summed E-state index contributed by atoms with van der Waals surface area (Å²) in [6, 6.07) is 14.6. The summed E-state index contributed by atoms with van der Waals surface area (Å²) < 4.78 is 7.33. The predicted molar refractivity (Wildman–Crippen MR) is 111 cm³/mol. The normalized spacial score (nSPS) is 12.9. The number of hydrogen-bond donors (Lipinski definition) is 0. The van der Waals surface area contributed by atoms with Crippen molar-refractivity contribution in [3.8, 4) is 0 Å². The third kappa shape index (κ3) is 6.03. The Hall–Kier alpha value is -1.52. The summed E-state index contributed by atoms with van der Waals surface area (Å²) in [5, 5.41) is 2.46. The van der Waals surface area contributed by atoms with Gasteiger partial charge in [0.05, 0.1) is 7.11 Å². The Morgan fingerprint density at radius 3 is 2.35 bits per heavy atom. The maximum Gasteiger partial charge on any atom is 0.324 e. The van der Waals surface area contributed by atoms with Gasteiger partial charge in [-0.3, -0.25) is 4.79 Å². The molecule has 2 aromatic carbocycles. The molecule has 3 nitrogen and oxygen atoms in total. The molecule has 4 heteroatoms. The van der Waals surface area contributed by atoms with Gasteiger partial charge in [-0.1, -0.05) is 58.0 Å². The minimum atomic E-state index is -0.227. The number of nitrogens with zero attached hydrogens (tertiary/aromatic N) is 1. The van der Waals surface area contributed by atoms with Crippen molar-refractivity contribution in [2.75, 3.05) is 13.7 Å². The van der Waals surface area contributed by atoms with Gasteiger partial charge in [-0.05, 0) is 59.5 Å². The average molecular weight is 374 g/mol. The lowest BCUT2D eigenvalue weighted by Crippen LogP contribution is -2.39. The second kappa shape index (κ2) is 9.98. The molecule has 2 aromatic rings. The Bertz CT molecular complexity index is 714. The molecule has 0 heterocycles. The highest BCUT2D eigenvalue weighted by Crippen LogP contribution is 2.31. The first-order valence-corrected chi connectivity index (χ1v) is 10.2. The van der Waals surface area contributed by atoms with Crippen LogP contribution in [0.1, 0.15) is 40.5 Å². The molecule has 0 radical (unpaired) electrons. The number of fused-ring (bicyclic) bond motifs is 1. The van der Waals surface area contributed by atoms with Crippen LogP contribution in [0, 0.1) is 11.8 Å². The summed E-state index contributed by atoms with van der Waals surface area (Å²) in [5.41, 5.74) is 0. The van der Waals surface area contributed by atoms with Crippen LogP contribution in [0.25, 0.3) is 10.8 Å². The molecule has 1 atom stereocenters. The Morgan fingerprint density at radius 1 is 1.04 bits per heavy atom. The number of carbonyl (C=O) groups is 1. The van der Waals surface area contributed by atoms with E-state index in [1.54, 1.807) is 11.9 Å². The molecule has 0 fully saturated rings. The van der Waals surface area contributed by atoms with E-state index in [-0.39, 0.29) is 12.0 Å². The molecule has 0 N–H and O–H groups in total. The van der Waals surface area contributed by atoms with E-state index in [2.05, 4.69) is 74.5 Å². The fourth-order valence-corrected chi connectivity index (χ4v) is 4.00. The van der Waals surface area contributed by atoms with Crippen LogP contribution in [0.4, 0.5) is 0 Å². The van der Waals surface area contributed by atoms with Crippen LogP contribution in [-0.4, -0.2) is 30.0 Å². The smallest absolute Gasteiger partial charge is 0.324 e. The standard InChI is InChI=1S/C22H31NO2S/c1-16(2)12-13-23(21(14-17(3)4)22(24)25-5)26-20-11-10-18-8-6-7-9-19(18)15-20/h6-11,15-17,21H,12-14H2,1-5H3. The van der Waals surface area contributed by atoms with Crippen LogP contribution in [0.5, 0.6) is 0 Å². The monoisotopic (exact) mass is 373 g/mol. The molecule has 0 saturated heterocycles. The minimum Gasteiger partial charge on any atom is -0.468 e. The van der Waals surface area contributed by atoms with Crippen LogP contribution in [0.15, 0.2) is 47.4 Å². The second-order valence-electron chi connectivity index (χ2n) is 7.59. The van der Waals surface area contributed by atoms with Crippen molar-refractivity contribution in [1.29, 1.82) is 0 Å². The Balaban J connectivity index is 2.26. The number of methoxy groups -OCH3 is 1. The number of carbonyl (C=O) groups excluding carboxylic acids is 1. The molecule has 0 aliphatic heterocycles. The number of esters is 1. The molecule has 0 amide bonds.